The van der Waals surface area contributed by atoms with Crippen molar-refractivity contribution in [2.75, 3.05) is 19.7 Å². The highest BCUT2D eigenvalue weighted by Crippen LogP contribution is 2.28. The van der Waals surface area contributed by atoms with Gasteiger partial charge < -0.3 is 10.8 Å². The van der Waals surface area contributed by atoms with Crippen LogP contribution in [0, 0.1) is 6.92 Å². The lowest BCUT2D eigenvalue weighted by Gasteiger charge is -2.34. The van der Waals surface area contributed by atoms with Crippen LogP contribution in [0.3, 0.4) is 0 Å². The molecule has 0 saturated carbocycles. The molecule has 1 fully saturated rings. The van der Waals surface area contributed by atoms with Gasteiger partial charge in [-0.2, -0.15) is 0 Å². The molecular formula is C15H24N4O2. The predicted octanol–water partition coefficient (Wildman–Crippen LogP) is 0.722. The minimum Gasteiger partial charge on any atom is -0.395 e. The fourth-order valence-corrected chi connectivity index (χ4v) is 2.87. The molecule has 3 N–H and O–H groups in total. The molecule has 1 atom stereocenters. The molecule has 0 bridgehead atoms. The second kappa shape index (κ2) is 7.47. The van der Waals surface area contributed by atoms with Crippen LogP contribution >= 0.6 is 0 Å². The third-order valence-corrected chi connectivity index (χ3v) is 3.85. The number of carbonyl (C=O) groups is 1. The standard InChI is InChI=1S/C15H24N4O2/c1-11-10-12(5-6-14(16)21)18-15(17-11)13-4-2-3-7-19(13)8-9-20/h10,13,20H,2-9H2,1H3,(H2,16,21). The summed E-state index contributed by atoms with van der Waals surface area (Å²) in [6.07, 6.45) is 4.18. The number of aliphatic hydroxyl groups is 1. The highest BCUT2D eigenvalue weighted by atomic mass is 16.3. The van der Waals surface area contributed by atoms with Crippen molar-refractivity contribution in [1.29, 1.82) is 0 Å². The normalized spacial score (nSPS) is 19.6. The zero-order valence-electron chi connectivity index (χ0n) is 12.6. The van der Waals surface area contributed by atoms with Gasteiger partial charge in [-0.3, -0.25) is 9.69 Å². The number of β-amino-alcohol motifs (C(OH)–C–C–N with tert-alkyl or cyclic N) is 1. The molecule has 0 spiro atoms. The molecule has 1 aliphatic heterocycles. The number of likely N-dealkylation sites (tertiary alicyclic amines) is 1. The van der Waals surface area contributed by atoms with E-state index in [0.717, 1.165) is 43.0 Å². The summed E-state index contributed by atoms with van der Waals surface area (Å²) in [4.78, 5) is 22.4. The summed E-state index contributed by atoms with van der Waals surface area (Å²) in [5, 5.41) is 9.20. The Morgan fingerprint density at radius 1 is 1.48 bits per heavy atom. The van der Waals surface area contributed by atoms with E-state index >= 15 is 0 Å². The molecule has 21 heavy (non-hydrogen) atoms. The highest BCUT2D eigenvalue weighted by Gasteiger charge is 2.26. The van der Waals surface area contributed by atoms with Gasteiger partial charge in [-0.1, -0.05) is 6.42 Å². The molecule has 1 aromatic heterocycles. The van der Waals surface area contributed by atoms with Crippen LogP contribution in [0.2, 0.25) is 0 Å². The van der Waals surface area contributed by atoms with Gasteiger partial charge in [-0.25, -0.2) is 9.97 Å². The van der Waals surface area contributed by atoms with Crippen LogP contribution in [0.4, 0.5) is 0 Å². The van der Waals surface area contributed by atoms with Crippen LogP contribution in [0.1, 0.15) is 48.9 Å². The maximum absolute atomic E-state index is 10.9. The van der Waals surface area contributed by atoms with Gasteiger partial charge in [-0.15, -0.1) is 0 Å². The first kappa shape index (κ1) is 15.9. The Kier molecular flexibility index (Phi) is 5.64. The van der Waals surface area contributed by atoms with Gasteiger partial charge in [0, 0.05) is 24.4 Å². The fraction of sp³-hybridized carbons (Fsp3) is 0.667. The summed E-state index contributed by atoms with van der Waals surface area (Å²) in [6.45, 7) is 3.72. The zero-order chi connectivity index (χ0) is 15.2. The molecule has 2 rings (SSSR count). The number of nitrogens with two attached hydrogens (primary N) is 1. The van der Waals surface area contributed by atoms with Crippen molar-refractivity contribution < 1.29 is 9.90 Å². The van der Waals surface area contributed by atoms with Crippen molar-refractivity contribution in [3.05, 3.63) is 23.3 Å². The average molecular weight is 292 g/mol. The molecule has 6 nitrogen and oxygen atoms in total. The number of rotatable bonds is 6. The second-order valence-electron chi connectivity index (χ2n) is 5.60. The minimum absolute atomic E-state index is 0.150. The van der Waals surface area contributed by atoms with Gasteiger partial charge in [0.15, 0.2) is 0 Å². The van der Waals surface area contributed by atoms with Gasteiger partial charge in [0.05, 0.1) is 12.6 Å². The number of hydrogen-bond acceptors (Lipinski definition) is 5. The third-order valence-electron chi connectivity index (χ3n) is 3.85. The van der Waals surface area contributed by atoms with E-state index in [9.17, 15) is 9.90 Å². The molecule has 1 saturated heterocycles. The van der Waals surface area contributed by atoms with Crippen LogP contribution in [0.25, 0.3) is 0 Å². The number of nitrogens with zero attached hydrogens (tertiary/aromatic N) is 3. The van der Waals surface area contributed by atoms with Crippen molar-refractivity contribution in [2.45, 2.75) is 45.1 Å². The lowest BCUT2D eigenvalue weighted by Crippen LogP contribution is -2.36. The number of aryl methyl sites for hydroxylation is 2. The smallest absolute Gasteiger partial charge is 0.217 e. The van der Waals surface area contributed by atoms with Crippen molar-refractivity contribution in [3.63, 3.8) is 0 Å². The molecule has 1 aliphatic rings. The summed E-state index contributed by atoms with van der Waals surface area (Å²) in [5.41, 5.74) is 6.98. The average Bonchev–Trinajstić information content (AvgIpc) is 2.45. The molecule has 6 heteroatoms. The number of hydrogen-bond donors (Lipinski definition) is 2. The van der Waals surface area contributed by atoms with Gasteiger partial charge in [-0.05, 0) is 38.8 Å². The number of piperidine rings is 1. The van der Waals surface area contributed by atoms with E-state index in [2.05, 4.69) is 14.9 Å². The molecule has 0 radical (unpaired) electrons. The predicted molar refractivity (Wildman–Crippen MR) is 79.5 cm³/mol. The van der Waals surface area contributed by atoms with Gasteiger partial charge in [0.2, 0.25) is 5.91 Å². The SMILES string of the molecule is Cc1cc(CCC(N)=O)nc(C2CCCCN2CCO)n1. The molecule has 1 aromatic rings. The summed E-state index contributed by atoms with van der Waals surface area (Å²) in [5.74, 6) is 0.495. The lowest BCUT2D eigenvalue weighted by molar-refractivity contribution is -0.118. The Labute approximate surface area is 125 Å². The van der Waals surface area contributed by atoms with Crippen LogP contribution in [-0.4, -0.2) is 45.6 Å². The van der Waals surface area contributed by atoms with Crippen LogP contribution in [0.15, 0.2) is 6.07 Å². The van der Waals surface area contributed by atoms with Crippen molar-refractivity contribution in [1.82, 2.24) is 14.9 Å². The summed E-state index contributed by atoms with van der Waals surface area (Å²) in [6, 6.07) is 2.07. The Hall–Kier alpha value is -1.53. The monoisotopic (exact) mass is 292 g/mol. The van der Waals surface area contributed by atoms with Crippen LogP contribution < -0.4 is 5.73 Å². The topological polar surface area (TPSA) is 92.3 Å². The minimum atomic E-state index is -0.313. The van der Waals surface area contributed by atoms with E-state index in [1.54, 1.807) is 0 Å². The Morgan fingerprint density at radius 2 is 2.29 bits per heavy atom. The lowest BCUT2D eigenvalue weighted by atomic mass is 10.0. The third kappa shape index (κ3) is 4.47. The summed E-state index contributed by atoms with van der Waals surface area (Å²) in [7, 11) is 0. The first-order valence-electron chi connectivity index (χ1n) is 7.58. The highest BCUT2D eigenvalue weighted by molar-refractivity contribution is 5.73. The van der Waals surface area contributed by atoms with E-state index in [4.69, 9.17) is 5.73 Å². The molecule has 116 valence electrons. The van der Waals surface area contributed by atoms with E-state index in [0.29, 0.717) is 19.4 Å². The van der Waals surface area contributed by atoms with E-state index in [-0.39, 0.29) is 18.6 Å². The van der Waals surface area contributed by atoms with Gasteiger partial charge >= 0.3 is 0 Å². The summed E-state index contributed by atoms with van der Waals surface area (Å²) >= 11 is 0. The quantitative estimate of drug-likeness (QED) is 0.806. The molecule has 1 unspecified atom stereocenters. The van der Waals surface area contributed by atoms with Gasteiger partial charge in [0.25, 0.3) is 0 Å². The van der Waals surface area contributed by atoms with Crippen LogP contribution in [-0.2, 0) is 11.2 Å². The number of primary amides is 1. The maximum Gasteiger partial charge on any atom is 0.217 e. The van der Waals surface area contributed by atoms with Crippen molar-refractivity contribution in [2.24, 2.45) is 5.73 Å². The summed E-state index contributed by atoms with van der Waals surface area (Å²) < 4.78 is 0. The molecule has 2 heterocycles. The number of aromatic nitrogens is 2. The number of amides is 1. The Bertz CT molecular complexity index is 491. The van der Waals surface area contributed by atoms with E-state index < -0.39 is 0 Å². The molecule has 0 aliphatic carbocycles. The Balaban J connectivity index is 2.18. The second-order valence-corrected chi connectivity index (χ2v) is 5.60. The largest absolute Gasteiger partial charge is 0.395 e. The maximum atomic E-state index is 10.9. The molecule has 1 amide bonds. The molecular weight excluding hydrogens is 268 g/mol. The van der Waals surface area contributed by atoms with Crippen molar-refractivity contribution in [3.8, 4) is 0 Å². The number of aliphatic hydroxyl groups excluding tert-OH is 1. The zero-order valence-corrected chi connectivity index (χ0v) is 12.6. The molecule has 0 aromatic carbocycles. The van der Waals surface area contributed by atoms with E-state index in [1.807, 2.05) is 13.0 Å². The Morgan fingerprint density at radius 3 is 3.00 bits per heavy atom. The van der Waals surface area contributed by atoms with Crippen molar-refractivity contribution >= 4 is 5.91 Å². The van der Waals surface area contributed by atoms with E-state index in [1.165, 1.54) is 0 Å². The van der Waals surface area contributed by atoms with Crippen LogP contribution in [0.5, 0.6) is 0 Å². The first-order valence-corrected chi connectivity index (χ1v) is 7.58. The van der Waals surface area contributed by atoms with Gasteiger partial charge in [0.1, 0.15) is 5.82 Å². The fourth-order valence-electron chi connectivity index (χ4n) is 2.87. The first-order chi connectivity index (χ1) is 10.1. The number of carbonyl (C=O) groups excluding carboxylic acids is 1.